The van der Waals surface area contributed by atoms with Gasteiger partial charge in [0.25, 0.3) is 0 Å². The molecule has 0 saturated carbocycles. The van der Waals surface area contributed by atoms with Gasteiger partial charge in [-0.1, -0.05) is 12.1 Å². The van der Waals surface area contributed by atoms with Gasteiger partial charge >= 0.3 is 0 Å². The molecule has 1 aliphatic rings. The van der Waals surface area contributed by atoms with Gasteiger partial charge in [-0.2, -0.15) is 0 Å². The van der Waals surface area contributed by atoms with Crippen LogP contribution >= 0.6 is 22.6 Å². The maximum atomic E-state index is 5.65. The van der Waals surface area contributed by atoms with Gasteiger partial charge in [-0.3, -0.25) is 4.90 Å². The molecule has 3 heteroatoms. The molecule has 1 unspecified atom stereocenters. The molecule has 1 atom stereocenters. The van der Waals surface area contributed by atoms with E-state index in [1.165, 1.54) is 9.13 Å². The van der Waals surface area contributed by atoms with E-state index in [-0.39, 0.29) is 0 Å². The molecule has 0 amide bonds. The Kier molecular flexibility index (Phi) is 4.61. The average Bonchev–Trinajstić information content (AvgIpc) is 2.46. The minimum atomic E-state index is 0.367. The molecule has 0 radical (unpaired) electrons. The van der Waals surface area contributed by atoms with Crippen molar-refractivity contribution in [2.45, 2.75) is 26.0 Å². The Morgan fingerprint density at radius 3 is 2.88 bits per heavy atom. The van der Waals surface area contributed by atoms with Gasteiger partial charge in [-0.15, -0.1) is 0 Å². The summed E-state index contributed by atoms with van der Waals surface area (Å²) < 4.78 is 6.95. The van der Waals surface area contributed by atoms with Crippen LogP contribution in [0.25, 0.3) is 0 Å². The van der Waals surface area contributed by atoms with Crippen LogP contribution in [0.1, 0.15) is 18.9 Å². The lowest BCUT2D eigenvalue weighted by Gasteiger charge is -2.21. The minimum Gasteiger partial charge on any atom is -0.377 e. The van der Waals surface area contributed by atoms with Crippen LogP contribution in [0.4, 0.5) is 0 Å². The molecule has 1 heterocycles. The van der Waals surface area contributed by atoms with Gasteiger partial charge in [0, 0.05) is 29.8 Å². The summed E-state index contributed by atoms with van der Waals surface area (Å²) in [6.45, 7) is 6.31. The van der Waals surface area contributed by atoms with Crippen molar-refractivity contribution in [2.75, 3.05) is 19.7 Å². The van der Waals surface area contributed by atoms with Crippen LogP contribution in [-0.4, -0.2) is 30.7 Å². The quantitative estimate of drug-likeness (QED) is 0.773. The van der Waals surface area contributed by atoms with Crippen LogP contribution in [0.3, 0.4) is 0 Å². The van der Waals surface area contributed by atoms with Crippen molar-refractivity contribution in [3.63, 3.8) is 0 Å². The molecular formula is C13H18INO. The first-order valence-corrected chi connectivity index (χ1v) is 6.90. The molecule has 1 aromatic carbocycles. The van der Waals surface area contributed by atoms with Crippen LogP contribution in [0.5, 0.6) is 0 Å². The van der Waals surface area contributed by atoms with Crippen LogP contribution in [-0.2, 0) is 11.3 Å². The van der Waals surface area contributed by atoms with Crippen molar-refractivity contribution >= 4 is 22.6 Å². The van der Waals surface area contributed by atoms with Gasteiger partial charge in [-0.25, -0.2) is 0 Å². The standard InChI is InChI=1S/C13H18INO/c1-11-9-15(7-2-8-16-11)10-12-3-5-13(14)6-4-12/h3-6,11H,2,7-10H2,1H3. The van der Waals surface area contributed by atoms with Crippen molar-refractivity contribution < 1.29 is 4.74 Å². The fourth-order valence-electron chi connectivity index (χ4n) is 2.07. The molecule has 0 aromatic heterocycles. The van der Waals surface area contributed by atoms with E-state index in [4.69, 9.17) is 4.74 Å². The fourth-order valence-corrected chi connectivity index (χ4v) is 2.43. The van der Waals surface area contributed by atoms with Crippen molar-refractivity contribution in [3.05, 3.63) is 33.4 Å². The van der Waals surface area contributed by atoms with Crippen molar-refractivity contribution in [2.24, 2.45) is 0 Å². The van der Waals surface area contributed by atoms with E-state index in [2.05, 4.69) is 58.7 Å². The number of halogens is 1. The van der Waals surface area contributed by atoms with Gasteiger partial charge in [0.2, 0.25) is 0 Å². The zero-order valence-corrected chi connectivity index (χ0v) is 11.8. The lowest BCUT2D eigenvalue weighted by Crippen LogP contribution is -2.29. The second-order valence-corrected chi connectivity index (χ2v) is 5.64. The van der Waals surface area contributed by atoms with E-state index in [1.807, 2.05) is 0 Å². The first-order chi connectivity index (χ1) is 7.74. The predicted molar refractivity (Wildman–Crippen MR) is 74.5 cm³/mol. The van der Waals surface area contributed by atoms with Crippen molar-refractivity contribution in [3.8, 4) is 0 Å². The zero-order valence-electron chi connectivity index (χ0n) is 9.66. The Labute approximate surface area is 111 Å². The molecule has 1 aromatic rings. The summed E-state index contributed by atoms with van der Waals surface area (Å²) in [6.07, 6.45) is 1.51. The summed E-state index contributed by atoms with van der Waals surface area (Å²) >= 11 is 2.34. The Morgan fingerprint density at radius 1 is 1.38 bits per heavy atom. The third-order valence-electron chi connectivity index (χ3n) is 2.86. The molecular weight excluding hydrogens is 313 g/mol. The van der Waals surface area contributed by atoms with E-state index >= 15 is 0 Å². The molecule has 0 bridgehead atoms. The van der Waals surface area contributed by atoms with E-state index in [9.17, 15) is 0 Å². The number of nitrogens with zero attached hydrogens (tertiary/aromatic N) is 1. The maximum Gasteiger partial charge on any atom is 0.0674 e. The highest BCUT2D eigenvalue weighted by Gasteiger charge is 2.14. The van der Waals surface area contributed by atoms with E-state index in [0.717, 1.165) is 32.7 Å². The molecule has 1 aliphatic heterocycles. The molecule has 2 rings (SSSR count). The Bertz CT molecular complexity index is 325. The van der Waals surface area contributed by atoms with Gasteiger partial charge in [0.05, 0.1) is 6.10 Å². The summed E-state index contributed by atoms with van der Waals surface area (Å²) in [5, 5.41) is 0. The smallest absolute Gasteiger partial charge is 0.0674 e. The zero-order chi connectivity index (χ0) is 11.4. The van der Waals surface area contributed by atoms with Crippen molar-refractivity contribution in [1.29, 1.82) is 0 Å². The number of benzene rings is 1. The largest absolute Gasteiger partial charge is 0.377 e. The van der Waals surface area contributed by atoms with Crippen LogP contribution in [0, 0.1) is 3.57 Å². The van der Waals surface area contributed by atoms with E-state index in [0.29, 0.717) is 6.10 Å². The highest BCUT2D eigenvalue weighted by molar-refractivity contribution is 14.1. The van der Waals surface area contributed by atoms with Crippen molar-refractivity contribution in [1.82, 2.24) is 4.90 Å². The third kappa shape index (κ3) is 3.71. The molecule has 16 heavy (non-hydrogen) atoms. The molecule has 0 N–H and O–H groups in total. The average molecular weight is 331 g/mol. The summed E-state index contributed by atoms with van der Waals surface area (Å²) in [4.78, 5) is 2.49. The summed E-state index contributed by atoms with van der Waals surface area (Å²) in [5.74, 6) is 0. The second kappa shape index (κ2) is 5.98. The molecule has 0 aliphatic carbocycles. The van der Waals surface area contributed by atoms with Crippen LogP contribution in [0.15, 0.2) is 24.3 Å². The predicted octanol–water partition coefficient (Wildman–Crippen LogP) is 2.90. The monoisotopic (exact) mass is 331 g/mol. The Hall–Kier alpha value is -0.130. The molecule has 2 nitrogen and oxygen atoms in total. The van der Waals surface area contributed by atoms with E-state index in [1.54, 1.807) is 0 Å². The van der Waals surface area contributed by atoms with Crippen LogP contribution < -0.4 is 0 Å². The van der Waals surface area contributed by atoms with Gasteiger partial charge < -0.3 is 4.74 Å². The maximum absolute atomic E-state index is 5.65. The van der Waals surface area contributed by atoms with Gasteiger partial charge in [0.15, 0.2) is 0 Å². The number of hydrogen-bond acceptors (Lipinski definition) is 2. The lowest BCUT2D eigenvalue weighted by atomic mass is 10.2. The SMILES string of the molecule is CC1CN(Cc2ccc(I)cc2)CCCO1. The Balaban J connectivity index is 1.95. The van der Waals surface area contributed by atoms with Gasteiger partial charge in [0.1, 0.15) is 0 Å². The first kappa shape index (κ1) is 12.3. The van der Waals surface area contributed by atoms with E-state index < -0.39 is 0 Å². The fraction of sp³-hybridized carbons (Fsp3) is 0.538. The molecule has 1 saturated heterocycles. The summed E-state index contributed by atoms with van der Waals surface area (Å²) in [7, 11) is 0. The van der Waals surface area contributed by atoms with Gasteiger partial charge in [-0.05, 0) is 53.6 Å². The minimum absolute atomic E-state index is 0.367. The lowest BCUT2D eigenvalue weighted by molar-refractivity contribution is 0.0668. The second-order valence-electron chi connectivity index (χ2n) is 4.40. The molecule has 0 spiro atoms. The summed E-state index contributed by atoms with van der Waals surface area (Å²) in [6, 6.07) is 8.79. The molecule has 88 valence electrons. The normalized spacial score (nSPS) is 23.0. The number of rotatable bonds is 2. The summed E-state index contributed by atoms with van der Waals surface area (Å²) in [5.41, 5.74) is 1.40. The first-order valence-electron chi connectivity index (χ1n) is 5.82. The van der Waals surface area contributed by atoms with Crippen LogP contribution in [0.2, 0.25) is 0 Å². The number of ether oxygens (including phenoxy) is 1. The third-order valence-corrected chi connectivity index (χ3v) is 3.57. The number of hydrogen-bond donors (Lipinski definition) is 0. The highest BCUT2D eigenvalue weighted by Crippen LogP contribution is 2.12. The highest BCUT2D eigenvalue weighted by atomic mass is 127. The topological polar surface area (TPSA) is 12.5 Å². The Morgan fingerprint density at radius 2 is 2.12 bits per heavy atom. The molecule has 1 fully saturated rings.